The number of halogens is 3. The molecule has 0 saturated heterocycles. The first-order valence-corrected chi connectivity index (χ1v) is 4.22. The van der Waals surface area contributed by atoms with Gasteiger partial charge in [-0.2, -0.15) is 13.2 Å². The highest BCUT2D eigenvalue weighted by atomic mass is 19.4. The summed E-state index contributed by atoms with van der Waals surface area (Å²) in [6.07, 6.45) is -4.28. The van der Waals surface area contributed by atoms with Gasteiger partial charge in [0.05, 0.1) is 5.56 Å². The Labute approximate surface area is 80.9 Å². The minimum atomic E-state index is -4.28. The Kier molecular flexibility index (Phi) is 2.73. The molecule has 1 nitrogen and oxygen atoms in total. The predicted molar refractivity (Wildman–Crippen MR) is 50.5 cm³/mol. The highest BCUT2D eigenvalue weighted by molar-refractivity contribution is 5.56. The molecule has 1 aromatic rings. The summed E-state index contributed by atoms with van der Waals surface area (Å²) in [6, 6.07) is 2.86. The van der Waals surface area contributed by atoms with E-state index >= 15 is 0 Å². The van der Waals surface area contributed by atoms with Crippen molar-refractivity contribution >= 4 is 5.69 Å². The molecule has 0 amide bonds. The van der Waals surface area contributed by atoms with Gasteiger partial charge in [-0.25, -0.2) is 0 Å². The third-order valence-corrected chi connectivity index (χ3v) is 2.13. The number of benzene rings is 1. The summed E-state index contributed by atoms with van der Waals surface area (Å²) < 4.78 is 37.6. The van der Waals surface area contributed by atoms with Gasteiger partial charge in [0.15, 0.2) is 0 Å². The van der Waals surface area contributed by atoms with E-state index in [9.17, 15) is 13.2 Å². The van der Waals surface area contributed by atoms with Crippen molar-refractivity contribution in [3.63, 3.8) is 0 Å². The molecule has 0 bridgehead atoms. The van der Waals surface area contributed by atoms with Crippen LogP contribution in [-0.4, -0.2) is 7.05 Å². The minimum absolute atomic E-state index is 0.241. The summed E-state index contributed by atoms with van der Waals surface area (Å²) in [5.74, 6) is 0. The molecule has 0 heterocycles. The Morgan fingerprint density at radius 2 is 1.71 bits per heavy atom. The van der Waals surface area contributed by atoms with Crippen molar-refractivity contribution in [1.82, 2.24) is 0 Å². The van der Waals surface area contributed by atoms with Gasteiger partial charge in [0.25, 0.3) is 0 Å². The second kappa shape index (κ2) is 3.52. The van der Waals surface area contributed by atoms with Crippen molar-refractivity contribution in [2.75, 3.05) is 12.4 Å². The van der Waals surface area contributed by atoms with E-state index in [1.807, 2.05) is 0 Å². The molecular formula is C10H12F3N. The number of anilines is 1. The maximum atomic E-state index is 12.5. The second-order valence-corrected chi connectivity index (χ2v) is 3.23. The Balaban J connectivity index is 3.37. The molecule has 0 aliphatic carbocycles. The lowest BCUT2D eigenvalue weighted by molar-refractivity contribution is -0.138. The molecule has 1 rings (SSSR count). The monoisotopic (exact) mass is 203 g/mol. The SMILES string of the molecule is CNc1cc(C)cc(C(F)(F)F)c1C. The molecule has 1 N–H and O–H groups in total. The van der Waals surface area contributed by atoms with Crippen molar-refractivity contribution in [2.45, 2.75) is 20.0 Å². The van der Waals surface area contributed by atoms with Crippen LogP contribution in [0.15, 0.2) is 12.1 Å². The van der Waals surface area contributed by atoms with Crippen molar-refractivity contribution in [1.29, 1.82) is 0 Å². The average Bonchev–Trinajstić information content (AvgIpc) is 2.06. The highest BCUT2D eigenvalue weighted by Gasteiger charge is 2.33. The van der Waals surface area contributed by atoms with E-state index < -0.39 is 11.7 Å². The zero-order valence-corrected chi connectivity index (χ0v) is 8.29. The number of nitrogens with one attached hydrogen (secondary N) is 1. The summed E-state index contributed by atoms with van der Waals surface area (Å²) in [4.78, 5) is 0. The van der Waals surface area contributed by atoms with Gasteiger partial charge in [0, 0.05) is 12.7 Å². The van der Waals surface area contributed by atoms with E-state index in [4.69, 9.17) is 0 Å². The van der Waals surface area contributed by atoms with Crippen LogP contribution in [0.1, 0.15) is 16.7 Å². The zero-order chi connectivity index (χ0) is 10.9. The maximum Gasteiger partial charge on any atom is 0.416 e. The van der Waals surface area contributed by atoms with Crippen LogP contribution in [-0.2, 0) is 6.18 Å². The quantitative estimate of drug-likeness (QED) is 0.737. The number of aryl methyl sites for hydroxylation is 1. The molecule has 0 aliphatic heterocycles. The molecule has 78 valence electrons. The summed E-state index contributed by atoms with van der Waals surface area (Å²) in [6.45, 7) is 3.11. The van der Waals surface area contributed by atoms with Crippen LogP contribution >= 0.6 is 0 Å². The van der Waals surface area contributed by atoms with Crippen LogP contribution in [0.2, 0.25) is 0 Å². The van der Waals surface area contributed by atoms with Gasteiger partial charge >= 0.3 is 6.18 Å². The molecule has 4 heteroatoms. The Morgan fingerprint density at radius 1 is 1.14 bits per heavy atom. The highest BCUT2D eigenvalue weighted by Crippen LogP contribution is 2.35. The minimum Gasteiger partial charge on any atom is -0.388 e. The maximum absolute atomic E-state index is 12.5. The van der Waals surface area contributed by atoms with Gasteiger partial charge in [-0.05, 0) is 37.1 Å². The van der Waals surface area contributed by atoms with Crippen LogP contribution in [0, 0.1) is 13.8 Å². The van der Waals surface area contributed by atoms with Gasteiger partial charge in [-0.1, -0.05) is 0 Å². The first kappa shape index (κ1) is 10.9. The van der Waals surface area contributed by atoms with Crippen LogP contribution in [0.25, 0.3) is 0 Å². The van der Waals surface area contributed by atoms with E-state index in [-0.39, 0.29) is 5.56 Å². The van der Waals surface area contributed by atoms with Gasteiger partial charge in [-0.15, -0.1) is 0 Å². The summed E-state index contributed by atoms with van der Waals surface area (Å²) in [5.41, 5.74) is 0.803. The summed E-state index contributed by atoms with van der Waals surface area (Å²) in [7, 11) is 1.61. The lowest BCUT2D eigenvalue weighted by Crippen LogP contribution is -2.09. The molecule has 0 fully saturated rings. The molecule has 0 aliphatic rings. The van der Waals surface area contributed by atoms with E-state index in [0.29, 0.717) is 11.3 Å². The largest absolute Gasteiger partial charge is 0.416 e. The topological polar surface area (TPSA) is 12.0 Å². The van der Waals surface area contributed by atoms with Crippen LogP contribution < -0.4 is 5.32 Å². The Bertz CT molecular complexity index is 342. The Hall–Kier alpha value is -1.19. The normalized spacial score (nSPS) is 11.6. The molecule has 14 heavy (non-hydrogen) atoms. The molecule has 0 aromatic heterocycles. The second-order valence-electron chi connectivity index (χ2n) is 3.23. The molecular weight excluding hydrogens is 191 g/mol. The third-order valence-electron chi connectivity index (χ3n) is 2.13. The van der Waals surface area contributed by atoms with E-state index in [0.717, 1.165) is 6.07 Å². The Morgan fingerprint density at radius 3 is 2.14 bits per heavy atom. The fourth-order valence-corrected chi connectivity index (χ4v) is 1.41. The molecule has 0 saturated carbocycles. The molecule has 0 radical (unpaired) electrons. The summed E-state index contributed by atoms with van der Waals surface area (Å²) >= 11 is 0. The van der Waals surface area contributed by atoms with Crippen molar-refractivity contribution in [3.05, 3.63) is 28.8 Å². The number of hydrogen-bond acceptors (Lipinski definition) is 1. The fraction of sp³-hybridized carbons (Fsp3) is 0.400. The van der Waals surface area contributed by atoms with Gasteiger partial charge < -0.3 is 5.32 Å². The molecule has 1 aromatic carbocycles. The van der Waals surface area contributed by atoms with Gasteiger partial charge in [0.1, 0.15) is 0 Å². The van der Waals surface area contributed by atoms with Crippen molar-refractivity contribution < 1.29 is 13.2 Å². The van der Waals surface area contributed by atoms with Crippen molar-refractivity contribution in [3.8, 4) is 0 Å². The fourth-order valence-electron chi connectivity index (χ4n) is 1.41. The first-order valence-electron chi connectivity index (χ1n) is 4.22. The molecule has 0 unspecified atom stereocenters. The summed E-state index contributed by atoms with van der Waals surface area (Å²) in [5, 5.41) is 2.75. The molecule has 0 spiro atoms. The van der Waals surface area contributed by atoms with Gasteiger partial charge in [0.2, 0.25) is 0 Å². The zero-order valence-electron chi connectivity index (χ0n) is 8.29. The van der Waals surface area contributed by atoms with Crippen LogP contribution in [0.4, 0.5) is 18.9 Å². The smallest absolute Gasteiger partial charge is 0.388 e. The predicted octanol–water partition coefficient (Wildman–Crippen LogP) is 3.36. The van der Waals surface area contributed by atoms with E-state index in [2.05, 4.69) is 5.32 Å². The number of alkyl halides is 3. The number of rotatable bonds is 1. The first-order chi connectivity index (χ1) is 6.36. The number of hydrogen-bond donors (Lipinski definition) is 1. The van der Waals surface area contributed by atoms with Crippen LogP contribution in [0.5, 0.6) is 0 Å². The molecule has 0 atom stereocenters. The average molecular weight is 203 g/mol. The lowest BCUT2D eigenvalue weighted by Gasteiger charge is -2.14. The lowest BCUT2D eigenvalue weighted by atomic mass is 10.0. The van der Waals surface area contributed by atoms with E-state index in [1.54, 1.807) is 20.0 Å². The van der Waals surface area contributed by atoms with Gasteiger partial charge in [-0.3, -0.25) is 0 Å². The van der Waals surface area contributed by atoms with E-state index in [1.165, 1.54) is 6.92 Å². The standard InChI is InChI=1S/C10H12F3N/c1-6-4-8(10(11,12)13)7(2)9(5-6)14-3/h4-5,14H,1-3H3. The third kappa shape index (κ3) is 2.00. The van der Waals surface area contributed by atoms with Crippen LogP contribution in [0.3, 0.4) is 0 Å². The van der Waals surface area contributed by atoms with Crippen molar-refractivity contribution in [2.24, 2.45) is 0 Å².